The Balaban J connectivity index is 1.56. The lowest BCUT2D eigenvalue weighted by molar-refractivity contribution is -0.120. The summed E-state index contributed by atoms with van der Waals surface area (Å²) in [5, 5.41) is 25.0. The Bertz CT molecular complexity index is 1200. The minimum Gasteiger partial charge on any atom is -0.390 e. The van der Waals surface area contributed by atoms with Crippen molar-refractivity contribution in [2.45, 2.75) is 77.0 Å². The molecule has 1 fully saturated rings. The highest BCUT2D eigenvalue weighted by Gasteiger charge is 2.35. The van der Waals surface area contributed by atoms with E-state index in [0.29, 0.717) is 5.56 Å². The molecule has 1 heterocycles. The van der Waals surface area contributed by atoms with Crippen molar-refractivity contribution in [2.75, 3.05) is 6.54 Å². The molecule has 0 bridgehead atoms. The van der Waals surface area contributed by atoms with Crippen molar-refractivity contribution < 1.29 is 18.7 Å². The smallest absolute Gasteiger partial charge is 0.217 e. The van der Waals surface area contributed by atoms with Crippen LogP contribution in [-0.4, -0.2) is 39.9 Å². The molecule has 1 saturated carbocycles. The molecule has 1 aliphatic rings. The van der Waals surface area contributed by atoms with Gasteiger partial charge < -0.3 is 15.7 Å². The Morgan fingerprint density at radius 1 is 1.11 bits per heavy atom. The van der Waals surface area contributed by atoms with Crippen LogP contribution in [0.3, 0.4) is 0 Å². The topological polar surface area (TPSA) is 90.0 Å². The third kappa shape index (κ3) is 6.43. The van der Waals surface area contributed by atoms with Crippen LogP contribution in [0, 0.1) is 25.5 Å². The molecule has 0 aliphatic heterocycles. The lowest BCUT2D eigenvalue weighted by atomic mass is 9.75. The standard InChI is InChI=1S/C29H36F2N4O2/c1-18-28(19(2)35-34-18)22-8-7-9-23(15-22)29(10-5-4-6-11-29)32-17-27(37)26(33-20(3)36)14-21-12-24(30)16-25(31)13-21/h7-9,12-13,15-16,26-27,32,37H,4-6,10-11,14,17H2,1-3H3,(H,33,36)(H,34,35). The van der Waals surface area contributed by atoms with Crippen molar-refractivity contribution in [3.63, 3.8) is 0 Å². The van der Waals surface area contributed by atoms with E-state index in [1.165, 1.54) is 19.1 Å². The number of carbonyl (C=O) groups is 1. The van der Waals surface area contributed by atoms with Gasteiger partial charge in [-0.3, -0.25) is 9.89 Å². The van der Waals surface area contributed by atoms with Crippen LogP contribution >= 0.6 is 0 Å². The average molecular weight is 511 g/mol. The summed E-state index contributed by atoms with van der Waals surface area (Å²) in [4.78, 5) is 11.9. The van der Waals surface area contributed by atoms with Gasteiger partial charge in [-0.15, -0.1) is 0 Å². The number of benzene rings is 2. The predicted molar refractivity (Wildman–Crippen MR) is 140 cm³/mol. The molecular formula is C29H36F2N4O2. The van der Waals surface area contributed by atoms with Gasteiger partial charge in [-0.2, -0.15) is 5.10 Å². The lowest BCUT2D eigenvalue weighted by Gasteiger charge is -2.40. The molecule has 4 N–H and O–H groups in total. The van der Waals surface area contributed by atoms with Crippen molar-refractivity contribution in [1.82, 2.24) is 20.8 Å². The van der Waals surface area contributed by atoms with Crippen LogP contribution in [0.4, 0.5) is 8.78 Å². The van der Waals surface area contributed by atoms with Crippen LogP contribution < -0.4 is 10.6 Å². The van der Waals surface area contributed by atoms with E-state index in [1.54, 1.807) is 0 Å². The van der Waals surface area contributed by atoms with Crippen LogP contribution in [0.5, 0.6) is 0 Å². The zero-order chi connectivity index (χ0) is 26.6. The van der Waals surface area contributed by atoms with Gasteiger partial charge in [0.25, 0.3) is 0 Å². The Labute approximate surface area is 216 Å². The molecule has 198 valence electrons. The second-order valence-corrected chi connectivity index (χ2v) is 10.3. The van der Waals surface area contributed by atoms with Crippen molar-refractivity contribution in [3.8, 4) is 11.1 Å². The Morgan fingerprint density at radius 3 is 2.43 bits per heavy atom. The van der Waals surface area contributed by atoms with E-state index in [0.717, 1.165) is 66.2 Å². The number of aryl methyl sites for hydroxylation is 2. The molecule has 2 unspecified atom stereocenters. The number of aliphatic hydroxyl groups excluding tert-OH is 1. The van der Waals surface area contributed by atoms with Gasteiger partial charge >= 0.3 is 0 Å². The third-order valence-corrected chi connectivity index (χ3v) is 7.42. The molecular weight excluding hydrogens is 474 g/mol. The molecule has 2 aromatic carbocycles. The first-order valence-electron chi connectivity index (χ1n) is 12.9. The minimum absolute atomic E-state index is 0.110. The monoisotopic (exact) mass is 510 g/mol. The van der Waals surface area contributed by atoms with Gasteiger partial charge in [-0.25, -0.2) is 8.78 Å². The average Bonchev–Trinajstić information content (AvgIpc) is 3.19. The zero-order valence-electron chi connectivity index (χ0n) is 21.7. The molecule has 3 aromatic rings. The molecule has 0 radical (unpaired) electrons. The van der Waals surface area contributed by atoms with Gasteiger partial charge in [-0.05, 0) is 68.0 Å². The summed E-state index contributed by atoms with van der Waals surface area (Å²) in [5.41, 5.74) is 5.36. The first kappa shape index (κ1) is 26.9. The summed E-state index contributed by atoms with van der Waals surface area (Å²) >= 11 is 0. The number of aromatic nitrogens is 2. The van der Waals surface area contributed by atoms with Crippen molar-refractivity contribution in [2.24, 2.45) is 0 Å². The Morgan fingerprint density at radius 2 is 1.81 bits per heavy atom. The number of aliphatic hydroxyl groups is 1. The highest BCUT2D eigenvalue weighted by molar-refractivity contribution is 5.73. The summed E-state index contributed by atoms with van der Waals surface area (Å²) in [6.07, 6.45) is 4.28. The SMILES string of the molecule is CC(=O)NC(Cc1cc(F)cc(F)c1)C(O)CNC1(c2cccc(-c3c(C)n[nH]c3C)c2)CCCCC1. The fraction of sp³-hybridized carbons (Fsp3) is 0.448. The maximum absolute atomic E-state index is 13.7. The van der Waals surface area contributed by atoms with E-state index >= 15 is 0 Å². The van der Waals surface area contributed by atoms with E-state index < -0.39 is 23.8 Å². The summed E-state index contributed by atoms with van der Waals surface area (Å²) in [5.74, 6) is -1.69. The van der Waals surface area contributed by atoms with Gasteiger partial charge in [0.1, 0.15) is 11.6 Å². The number of halogens is 2. The minimum atomic E-state index is -0.962. The first-order valence-corrected chi connectivity index (χ1v) is 12.9. The number of H-pyrrole nitrogens is 1. The van der Waals surface area contributed by atoms with E-state index in [9.17, 15) is 18.7 Å². The molecule has 2 atom stereocenters. The summed E-state index contributed by atoms with van der Waals surface area (Å²) in [6, 6.07) is 11.0. The van der Waals surface area contributed by atoms with Crippen molar-refractivity contribution in [3.05, 3.63) is 76.6 Å². The molecule has 37 heavy (non-hydrogen) atoms. The number of nitrogens with one attached hydrogen (secondary N) is 3. The number of hydrogen-bond donors (Lipinski definition) is 4. The fourth-order valence-electron chi connectivity index (χ4n) is 5.64. The second kappa shape index (κ2) is 11.5. The summed E-state index contributed by atoms with van der Waals surface area (Å²) in [6.45, 7) is 5.59. The molecule has 1 aromatic heterocycles. The third-order valence-electron chi connectivity index (χ3n) is 7.42. The number of rotatable bonds is 9. The quantitative estimate of drug-likeness (QED) is 0.332. The van der Waals surface area contributed by atoms with Crippen LogP contribution in [-0.2, 0) is 16.8 Å². The van der Waals surface area contributed by atoms with Crippen LogP contribution in [0.25, 0.3) is 11.1 Å². The van der Waals surface area contributed by atoms with Crippen molar-refractivity contribution in [1.29, 1.82) is 0 Å². The first-order chi connectivity index (χ1) is 17.7. The van der Waals surface area contributed by atoms with Crippen LogP contribution in [0.15, 0.2) is 42.5 Å². The molecule has 8 heteroatoms. The maximum atomic E-state index is 13.7. The largest absolute Gasteiger partial charge is 0.390 e. The van der Waals surface area contributed by atoms with E-state index in [-0.39, 0.29) is 24.4 Å². The van der Waals surface area contributed by atoms with Gasteiger partial charge in [-0.1, -0.05) is 37.5 Å². The fourth-order valence-corrected chi connectivity index (χ4v) is 5.64. The second-order valence-electron chi connectivity index (χ2n) is 10.3. The molecule has 1 aliphatic carbocycles. The lowest BCUT2D eigenvalue weighted by Crippen LogP contribution is -2.53. The predicted octanol–water partition coefficient (Wildman–Crippen LogP) is 4.83. The number of amides is 1. The molecule has 6 nitrogen and oxygen atoms in total. The van der Waals surface area contributed by atoms with Crippen molar-refractivity contribution >= 4 is 5.91 Å². The van der Waals surface area contributed by atoms with E-state index in [4.69, 9.17) is 0 Å². The van der Waals surface area contributed by atoms with Gasteiger partial charge in [0.05, 0.1) is 17.8 Å². The van der Waals surface area contributed by atoms with Crippen LogP contribution in [0.2, 0.25) is 0 Å². The number of nitrogens with zero attached hydrogens (tertiary/aromatic N) is 1. The Kier molecular flexibility index (Phi) is 8.39. The number of hydrogen-bond acceptors (Lipinski definition) is 4. The molecule has 0 saturated heterocycles. The highest BCUT2D eigenvalue weighted by Crippen LogP contribution is 2.39. The maximum Gasteiger partial charge on any atom is 0.217 e. The van der Waals surface area contributed by atoms with Gasteiger partial charge in [0.15, 0.2) is 0 Å². The molecule has 4 rings (SSSR count). The number of carbonyl (C=O) groups excluding carboxylic acids is 1. The van der Waals surface area contributed by atoms with E-state index in [2.05, 4.69) is 45.1 Å². The summed E-state index contributed by atoms with van der Waals surface area (Å²) < 4.78 is 27.5. The molecule has 0 spiro atoms. The Hall–Kier alpha value is -3.10. The summed E-state index contributed by atoms with van der Waals surface area (Å²) in [7, 11) is 0. The number of aromatic amines is 1. The zero-order valence-corrected chi connectivity index (χ0v) is 21.7. The van der Waals surface area contributed by atoms with Crippen LogP contribution in [0.1, 0.15) is 61.5 Å². The highest BCUT2D eigenvalue weighted by atomic mass is 19.1. The molecule has 1 amide bonds. The normalized spacial score (nSPS) is 16.8. The van der Waals surface area contributed by atoms with Gasteiger partial charge in [0, 0.05) is 36.3 Å². The van der Waals surface area contributed by atoms with Gasteiger partial charge in [0.2, 0.25) is 5.91 Å². The van der Waals surface area contributed by atoms with E-state index in [1.807, 2.05) is 13.8 Å².